The van der Waals surface area contributed by atoms with E-state index in [0.29, 0.717) is 5.56 Å². The molecule has 0 aliphatic rings. The van der Waals surface area contributed by atoms with Gasteiger partial charge >= 0.3 is 0 Å². The minimum atomic E-state index is -0.0117. The second-order valence-corrected chi connectivity index (χ2v) is 6.88. The van der Waals surface area contributed by atoms with Crippen molar-refractivity contribution in [1.82, 2.24) is 0 Å². The van der Waals surface area contributed by atoms with Crippen molar-refractivity contribution in [1.29, 1.82) is 0 Å². The van der Waals surface area contributed by atoms with E-state index in [-0.39, 0.29) is 5.91 Å². The molecule has 2 rings (SSSR count). The number of nitrogens with zero attached hydrogens (tertiary/aromatic N) is 1. The molecule has 0 unspecified atom stereocenters. The van der Waals surface area contributed by atoms with Gasteiger partial charge < -0.3 is 4.90 Å². The van der Waals surface area contributed by atoms with Crippen molar-refractivity contribution < 1.29 is 4.79 Å². The Morgan fingerprint density at radius 3 is 2.50 bits per heavy atom. The van der Waals surface area contributed by atoms with Gasteiger partial charge in [0.15, 0.2) is 0 Å². The number of anilines is 1. The van der Waals surface area contributed by atoms with E-state index >= 15 is 0 Å². The van der Waals surface area contributed by atoms with Gasteiger partial charge in [-0.05, 0) is 82.2 Å². The fourth-order valence-corrected chi connectivity index (χ4v) is 3.04. The second kappa shape index (κ2) is 6.26. The largest absolute Gasteiger partial charge is 0.311 e. The molecule has 2 aromatic carbocycles. The van der Waals surface area contributed by atoms with Gasteiger partial charge in [-0.2, -0.15) is 0 Å². The van der Waals surface area contributed by atoms with E-state index < -0.39 is 0 Å². The smallest absolute Gasteiger partial charge is 0.259 e. The lowest BCUT2D eigenvalue weighted by Crippen LogP contribution is -2.27. The van der Waals surface area contributed by atoms with E-state index in [2.05, 4.69) is 51.5 Å². The average Bonchev–Trinajstić information content (AvgIpc) is 2.40. The fraction of sp³-hybridized carbons (Fsp3) is 0.188. The van der Waals surface area contributed by atoms with Crippen LogP contribution in [0, 0.1) is 17.4 Å². The van der Waals surface area contributed by atoms with Crippen LogP contribution >= 0.6 is 38.5 Å². The minimum Gasteiger partial charge on any atom is -0.311 e. The second-order valence-electron chi connectivity index (χ2n) is 4.78. The van der Waals surface area contributed by atoms with E-state index in [1.54, 1.807) is 4.90 Å². The molecule has 1 amide bonds. The van der Waals surface area contributed by atoms with Crippen LogP contribution < -0.4 is 4.90 Å². The number of hydrogen-bond acceptors (Lipinski definition) is 1. The lowest BCUT2D eigenvalue weighted by Gasteiger charge is -2.20. The summed E-state index contributed by atoms with van der Waals surface area (Å²) in [4.78, 5) is 14.3. The van der Waals surface area contributed by atoms with Crippen molar-refractivity contribution in [2.24, 2.45) is 0 Å². The molecule has 0 N–H and O–H groups in total. The molecule has 20 heavy (non-hydrogen) atoms. The first-order chi connectivity index (χ1) is 9.40. The van der Waals surface area contributed by atoms with Crippen LogP contribution in [0.5, 0.6) is 0 Å². The lowest BCUT2D eigenvalue weighted by atomic mass is 10.1. The maximum Gasteiger partial charge on any atom is 0.259 e. The van der Waals surface area contributed by atoms with E-state index in [0.717, 1.165) is 19.3 Å². The van der Waals surface area contributed by atoms with Crippen LogP contribution in [-0.4, -0.2) is 13.0 Å². The summed E-state index contributed by atoms with van der Waals surface area (Å²) in [5.74, 6) is -0.0117. The van der Waals surface area contributed by atoms with Crippen molar-refractivity contribution in [3.05, 3.63) is 61.1 Å². The lowest BCUT2D eigenvalue weighted by molar-refractivity contribution is 0.0992. The molecule has 0 aliphatic heterocycles. The van der Waals surface area contributed by atoms with E-state index in [1.807, 2.05) is 44.3 Å². The Hall–Kier alpha value is -0.880. The van der Waals surface area contributed by atoms with Crippen molar-refractivity contribution in [2.45, 2.75) is 13.8 Å². The highest BCUT2D eigenvalue weighted by atomic mass is 127. The molecule has 4 heteroatoms. The molecule has 0 bridgehead atoms. The number of carbonyl (C=O) groups excluding carboxylic acids is 1. The number of hydrogen-bond donors (Lipinski definition) is 0. The van der Waals surface area contributed by atoms with Gasteiger partial charge in [-0.25, -0.2) is 0 Å². The standard InChI is InChI=1S/C16H15BrINO/c1-10-4-7-15(11(2)8-10)19(3)16(20)13-9-12(18)5-6-14(13)17/h4-9H,1-3H3. The van der Waals surface area contributed by atoms with Gasteiger partial charge in [-0.3, -0.25) is 4.79 Å². The molecular weight excluding hydrogens is 429 g/mol. The molecular formula is C16H15BrINO. The molecule has 0 saturated heterocycles. The van der Waals surface area contributed by atoms with Crippen molar-refractivity contribution in [3.8, 4) is 0 Å². The Morgan fingerprint density at radius 2 is 1.85 bits per heavy atom. The van der Waals surface area contributed by atoms with Crippen LogP contribution in [-0.2, 0) is 0 Å². The third-order valence-corrected chi connectivity index (χ3v) is 4.54. The first-order valence-electron chi connectivity index (χ1n) is 6.20. The van der Waals surface area contributed by atoms with E-state index in [4.69, 9.17) is 0 Å². The Morgan fingerprint density at radius 1 is 1.15 bits per heavy atom. The summed E-state index contributed by atoms with van der Waals surface area (Å²) in [6, 6.07) is 11.9. The molecule has 0 atom stereocenters. The highest BCUT2D eigenvalue weighted by molar-refractivity contribution is 14.1. The van der Waals surface area contributed by atoms with Gasteiger partial charge in [0, 0.05) is 20.8 Å². The average molecular weight is 444 g/mol. The normalized spacial score (nSPS) is 10.4. The number of carbonyl (C=O) groups is 1. The van der Waals surface area contributed by atoms with Gasteiger partial charge in [0.1, 0.15) is 0 Å². The number of amides is 1. The summed E-state index contributed by atoms with van der Waals surface area (Å²) in [7, 11) is 1.81. The van der Waals surface area contributed by atoms with E-state index in [9.17, 15) is 4.79 Å². The molecule has 0 aromatic heterocycles. The highest BCUT2D eigenvalue weighted by Gasteiger charge is 2.18. The SMILES string of the molecule is Cc1ccc(N(C)C(=O)c2cc(I)ccc2Br)c(C)c1. The van der Waals surface area contributed by atoms with Crippen LogP contribution in [0.1, 0.15) is 21.5 Å². The molecule has 0 aliphatic carbocycles. The molecule has 0 fully saturated rings. The monoisotopic (exact) mass is 443 g/mol. The summed E-state index contributed by atoms with van der Waals surface area (Å²) < 4.78 is 1.86. The van der Waals surface area contributed by atoms with Gasteiger partial charge in [-0.15, -0.1) is 0 Å². The van der Waals surface area contributed by atoms with Crippen LogP contribution in [0.3, 0.4) is 0 Å². The van der Waals surface area contributed by atoms with Gasteiger partial charge in [0.25, 0.3) is 5.91 Å². The Bertz CT molecular complexity index is 670. The predicted molar refractivity (Wildman–Crippen MR) is 95.5 cm³/mol. The summed E-state index contributed by atoms with van der Waals surface area (Å²) in [5.41, 5.74) is 3.91. The highest BCUT2D eigenvalue weighted by Crippen LogP contribution is 2.25. The predicted octanol–water partition coefficient (Wildman–Crippen LogP) is 4.95. The summed E-state index contributed by atoms with van der Waals surface area (Å²) in [6.07, 6.45) is 0. The first kappa shape index (κ1) is 15.5. The number of halogens is 2. The summed E-state index contributed by atoms with van der Waals surface area (Å²) in [5, 5.41) is 0. The molecule has 104 valence electrons. The molecule has 0 saturated carbocycles. The quantitative estimate of drug-likeness (QED) is 0.601. The third-order valence-electron chi connectivity index (χ3n) is 3.18. The third kappa shape index (κ3) is 3.23. The molecule has 0 heterocycles. The molecule has 2 nitrogen and oxygen atoms in total. The van der Waals surface area contributed by atoms with Gasteiger partial charge in [0.05, 0.1) is 5.56 Å². The zero-order valence-electron chi connectivity index (χ0n) is 11.6. The van der Waals surface area contributed by atoms with Crippen molar-refractivity contribution in [2.75, 3.05) is 11.9 Å². The minimum absolute atomic E-state index is 0.0117. The maximum atomic E-state index is 12.6. The molecule has 2 aromatic rings. The summed E-state index contributed by atoms with van der Waals surface area (Å²) in [6.45, 7) is 4.07. The van der Waals surface area contributed by atoms with Gasteiger partial charge in [-0.1, -0.05) is 17.7 Å². The molecule has 0 radical (unpaired) electrons. The number of rotatable bonds is 2. The number of aryl methyl sites for hydroxylation is 2. The van der Waals surface area contributed by atoms with Crippen molar-refractivity contribution in [3.63, 3.8) is 0 Å². The van der Waals surface area contributed by atoms with E-state index in [1.165, 1.54) is 5.56 Å². The zero-order valence-corrected chi connectivity index (χ0v) is 15.3. The van der Waals surface area contributed by atoms with Crippen LogP contribution in [0.25, 0.3) is 0 Å². The van der Waals surface area contributed by atoms with Gasteiger partial charge in [0.2, 0.25) is 0 Å². The van der Waals surface area contributed by atoms with Crippen LogP contribution in [0.4, 0.5) is 5.69 Å². The van der Waals surface area contributed by atoms with Crippen molar-refractivity contribution >= 4 is 50.1 Å². The fourth-order valence-electron chi connectivity index (χ4n) is 2.13. The first-order valence-corrected chi connectivity index (χ1v) is 8.07. The Kier molecular flexibility index (Phi) is 4.86. The van der Waals surface area contributed by atoms with Crippen LogP contribution in [0.2, 0.25) is 0 Å². The molecule has 0 spiro atoms. The topological polar surface area (TPSA) is 20.3 Å². The Balaban J connectivity index is 2.40. The zero-order chi connectivity index (χ0) is 14.9. The summed E-state index contributed by atoms with van der Waals surface area (Å²) >= 11 is 5.66. The Labute approximate surface area is 141 Å². The van der Waals surface area contributed by atoms with Crippen LogP contribution in [0.15, 0.2) is 40.9 Å². The number of benzene rings is 2. The maximum absolute atomic E-state index is 12.6.